The molecule has 4 aromatic rings. The van der Waals surface area contributed by atoms with Crippen LogP contribution >= 0.6 is 0 Å². The van der Waals surface area contributed by atoms with E-state index in [1.807, 2.05) is 73.7 Å². The normalized spacial score (nSPS) is 11.0. The fourth-order valence-corrected chi connectivity index (χ4v) is 2.71. The predicted octanol–water partition coefficient (Wildman–Crippen LogP) is 4.27. The van der Waals surface area contributed by atoms with E-state index < -0.39 is 6.03 Å². The van der Waals surface area contributed by atoms with E-state index in [4.69, 9.17) is 9.15 Å². The van der Waals surface area contributed by atoms with Gasteiger partial charge in [-0.1, -0.05) is 65.3 Å². The Hall–Kier alpha value is -4.20. The van der Waals surface area contributed by atoms with E-state index in [-0.39, 0.29) is 18.5 Å². The number of hydrogen-bond donors (Lipinski definition) is 2. The van der Waals surface area contributed by atoms with Crippen LogP contribution in [0.4, 0.5) is 10.8 Å². The van der Waals surface area contributed by atoms with Crippen LogP contribution in [0.1, 0.15) is 17.0 Å². The smallest absolute Gasteiger partial charge is 0.343 e. The first-order chi connectivity index (χ1) is 14.7. The summed E-state index contributed by atoms with van der Waals surface area (Å²) in [6, 6.07) is 20.9. The molecule has 0 spiro atoms. The Morgan fingerprint density at radius 3 is 2.70 bits per heavy atom. The van der Waals surface area contributed by atoms with Crippen LogP contribution in [0.5, 0.6) is 5.75 Å². The van der Waals surface area contributed by atoms with Gasteiger partial charge in [-0.15, -0.1) is 5.10 Å². The summed E-state index contributed by atoms with van der Waals surface area (Å²) in [6.45, 7) is 2.08. The number of amides is 2. The lowest BCUT2D eigenvalue weighted by atomic mass is 10.1. The van der Waals surface area contributed by atoms with Crippen molar-refractivity contribution in [3.63, 3.8) is 0 Å². The Kier molecular flexibility index (Phi) is 5.66. The number of hydrazone groups is 1. The minimum atomic E-state index is -0.594. The van der Waals surface area contributed by atoms with Crippen molar-refractivity contribution in [2.24, 2.45) is 5.10 Å². The zero-order valence-electron chi connectivity index (χ0n) is 16.2. The summed E-state index contributed by atoms with van der Waals surface area (Å²) < 4.78 is 11.1. The van der Waals surface area contributed by atoms with Gasteiger partial charge in [0.05, 0.1) is 6.21 Å². The highest BCUT2D eigenvalue weighted by atomic mass is 16.5. The van der Waals surface area contributed by atoms with Gasteiger partial charge < -0.3 is 9.15 Å². The number of nitrogens with zero attached hydrogens (tertiary/aromatic N) is 3. The molecule has 0 aliphatic heterocycles. The maximum absolute atomic E-state index is 11.9. The van der Waals surface area contributed by atoms with E-state index in [0.29, 0.717) is 5.75 Å². The number of benzene rings is 3. The van der Waals surface area contributed by atoms with Crippen molar-refractivity contribution in [3.05, 3.63) is 83.7 Å². The Balaban J connectivity index is 1.27. The van der Waals surface area contributed by atoms with Crippen LogP contribution in [-0.2, 0) is 6.61 Å². The topological polar surface area (TPSA) is 102 Å². The maximum Gasteiger partial charge on any atom is 0.343 e. The lowest BCUT2D eigenvalue weighted by Crippen LogP contribution is -2.24. The third kappa shape index (κ3) is 4.99. The molecule has 0 radical (unpaired) electrons. The molecule has 2 amide bonds. The summed E-state index contributed by atoms with van der Waals surface area (Å²) in [5.41, 5.74) is 4.35. The van der Waals surface area contributed by atoms with E-state index in [9.17, 15) is 4.79 Å². The van der Waals surface area contributed by atoms with Gasteiger partial charge in [-0.05, 0) is 35.4 Å². The molecule has 0 aliphatic carbocycles. The summed E-state index contributed by atoms with van der Waals surface area (Å²) in [6.07, 6.45) is 1.54. The molecular formula is C22H19N5O3. The van der Waals surface area contributed by atoms with Gasteiger partial charge in [0, 0.05) is 0 Å². The predicted molar refractivity (Wildman–Crippen MR) is 114 cm³/mol. The molecule has 4 rings (SSSR count). The lowest BCUT2D eigenvalue weighted by molar-refractivity contribution is 0.250. The summed E-state index contributed by atoms with van der Waals surface area (Å²) in [5.74, 6) is 0.922. The first-order valence-electron chi connectivity index (χ1n) is 9.26. The molecule has 0 fully saturated rings. The Morgan fingerprint density at radius 1 is 1.07 bits per heavy atom. The highest BCUT2D eigenvalue weighted by molar-refractivity contribution is 5.88. The number of urea groups is 1. The standard InChI is InChI=1S/C22H19N5O3/c1-15-6-8-16(9-7-15)13-23-26-21(28)24-22-27-25-20(30-22)14-29-19-11-10-17-4-2-3-5-18(17)12-19/h2-13H,14H2,1H3,(H2,24,26,27,28)/b23-13-. The van der Waals surface area contributed by atoms with Gasteiger partial charge >= 0.3 is 12.0 Å². The molecule has 2 N–H and O–H groups in total. The average molecular weight is 401 g/mol. The molecule has 150 valence electrons. The molecule has 0 unspecified atom stereocenters. The fraction of sp³-hybridized carbons (Fsp3) is 0.0909. The summed E-state index contributed by atoms with van der Waals surface area (Å²) in [5, 5.41) is 16.1. The Labute approximate surface area is 172 Å². The van der Waals surface area contributed by atoms with E-state index in [0.717, 1.165) is 21.9 Å². The molecule has 1 aromatic heterocycles. The molecule has 0 saturated carbocycles. The Bertz CT molecular complexity index is 1180. The van der Waals surface area contributed by atoms with Crippen molar-refractivity contribution in [1.29, 1.82) is 0 Å². The molecule has 0 aliphatic rings. The van der Waals surface area contributed by atoms with Crippen LogP contribution in [-0.4, -0.2) is 22.4 Å². The number of ether oxygens (including phenoxy) is 1. The molecular weight excluding hydrogens is 382 g/mol. The molecule has 8 heteroatoms. The average Bonchev–Trinajstić information content (AvgIpc) is 3.20. The number of rotatable bonds is 6. The minimum absolute atomic E-state index is 0.0462. The molecule has 0 bridgehead atoms. The van der Waals surface area contributed by atoms with Crippen molar-refractivity contribution in [1.82, 2.24) is 15.6 Å². The highest BCUT2D eigenvalue weighted by Crippen LogP contribution is 2.21. The van der Waals surface area contributed by atoms with Gasteiger partial charge in [0.25, 0.3) is 5.89 Å². The number of aryl methyl sites for hydroxylation is 1. The number of anilines is 1. The van der Waals surface area contributed by atoms with Gasteiger partial charge in [-0.25, -0.2) is 10.2 Å². The van der Waals surface area contributed by atoms with Crippen LogP contribution in [0.15, 0.2) is 76.2 Å². The summed E-state index contributed by atoms with van der Waals surface area (Å²) in [4.78, 5) is 11.9. The third-order valence-electron chi connectivity index (χ3n) is 4.23. The van der Waals surface area contributed by atoms with Crippen LogP contribution in [0, 0.1) is 6.92 Å². The van der Waals surface area contributed by atoms with E-state index in [1.165, 1.54) is 6.21 Å². The lowest BCUT2D eigenvalue weighted by Gasteiger charge is -2.04. The second kappa shape index (κ2) is 8.87. The van der Waals surface area contributed by atoms with Crippen LogP contribution in [0.3, 0.4) is 0 Å². The van der Waals surface area contributed by atoms with Crippen LogP contribution in [0.2, 0.25) is 0 Å². The van der Waals surface area contributed by atoms with Gasteiger partial charge in [0.2, 0.25) is 0 Å². The molecule has 0 atom stereocenters. The summed E-state index contributed by atoms with van der Waals surface area (Å²) in [7, 11) is 0. The van der Waals surface area contributed by atoms with Gasteiger partial charge in [0.15, 0.2) is 6.61 Å². The van der Waals surface area contributed by atoms with Crippen molar-refractivity contribution in [2.75, 3.05) is 5.32 Å². The second-order valence-electron chi connectivity index (χ2n) is 6.53. The SMILES string of the molecule is Cc1ccc(/C=N\NC(=O)Nc2nnc(COc3ccc4ccccc4c3)o2)cc1. The number of carbonyl (C=O) groups is 1. The molecule has 3 aromatic carbocycles. The van der Waals surface area contributed by atoms with Gasteiger partial charge in [0.1, 0.15) is 5.75 Å². The minimum Gasteiger partial charge on any atom is -0.484 e. The highest BCUT2D eigenvalue weighted by Gasteiger charge is 2.10. The third-order valence-corrected chi connectivity index (χ3v) is 4.23. The summed E-state index contributed by atoms with van der Waals surface area (Å²) >= 11 is 0. The van der Waals surface area contributed by atoms with Crippen LogP contribution < -0.4 is 15.5 Å². The largest absolute Gasteiger partial charge is 0.484 e. The fourth-order valence-electron chi connectivity index (χ4n) is 2.71. The molecule has 8 nitrogen and oxygen atoms in total. The van der Waals surface area contributed by atoms with Crippen molar-refractivity contribution >= 4 is 29.0 Å². The second-order valence-corrected chi connectivity index (χ2v) is 6.53. The van der Waals surface area contributed by atoms with E-state index in [1.54, 1.807) is 0 Å². The number of carbonyl (C=O) groups excluding carboxylic acids is 1. The number of nitrogens with one attached hydrogen (secondary N) is 2. The van der Waals surface area contributed by atoms with Crippen molar-refractivity contribution in [2.45, 2.75) is 13.5 Å². The van der Waals surface area contributed by atoms with Crippen molar-refractivity contribution in [3.8, 4) is 5.75 Å². The number of hydrogen-bond acceptors (Lipinski definition) is 6. The van der Waals surface area contributed by atoms with E-state index >= 15 is 0 Å². The van der Waals surface area contributed by atoms with Gasteiger partial charge in [-0.2, -0.15) is 5.10 Å². The first-order valence-corrected chi connectivity index (χ1v) is 9.26. The zero-order chi connectivity index (χ0) is 20.8. The monoisotopic (exact) mass is 401 g/mol. The quantitative estimate of drug-likeness (QED) is 0.371. The Morgan fingerprint density at radius 2 is 1.87 bits per heavy atom. The maximum atomic E-state index is 11.9. The number of aromatic nitrogens is 2. The molecule has 1 heterocycles. The molecule has 30 heavy (non-hydrogen) atoms. The molecule has 0 saturated heterocycles. The van der Waals surface area contributed by atoms with Gasteiger partial charge in [-0.3, -0.25) is 5.32 Å². The van der Waals surface area contributed by atoms with Crippen LogP contribution in [0.25, 0.3) is 10.8 Å². The zero-order valence-corrected chi connectivity index (χ0v) is 16.2. The van der Waals surface area contributed by atoms with Crippen molar-refractivity contribution < 1.29 is 13.9 Å². The number of fused-ring (bicyclic) bond motifs is 1. The van der Waals surface area contributed by atoms with E-state index in [2.05, 4.69) is 26.0 Å². The first kappa shape index (κ1) is 19.1.